The highest BCUT2D eigenvalue weighted by molar-refractivity contribution is 5.94. The minimum Gasteiger partial charge on any atom is -0.478 e. The summed E-state index contributed by atoms with van der Waals surface area (Å²) in [5.41, 5.74) is -0.596. The van der Waals surface area contributed by atoms with Gasteiger partial charge < -0.3 is 5.11 Å². The summed E-state index contributed by atoms with van der Waals surface area (Å²) in [6.07, 6.45) is 0.566. The summed E-state index contributed by atoms with van der Waals surface area (Å²) in [7, 11) is 0. The zero-order valence-corrected chi connectivity index (χ0v) is 7.37. The Hall–Kier alpha value is -2.22. The van der Waals surface area contributed by atoms with Gasteiger partial charge in [-0.15, -0.1) is 0 Å². The molecule has 0 amide bonds. The molecule has 0 spiro atoms. The molecule has 76 valence electrons. The number of halogens is 2. The van der Waals surface area contributed by atoms with Crippen molar-refractivity contribution in [2.45, 2.75) is 0 Å². The first-order chi connectivity index (χ1) is 7.04. The lowest BCUT2D eigenvalue weighted by Gasteiger charge is -1.99. The topological polar surface area (TPSA) is 61.1 Å². The lowest BCUT2D eigenvalue weighted by molar-refractivity contribution is -0.131. The Labute approximate surface area is 83.9 Å². The molecule has 0 saturated carbocycles. The van der Waals surface area contributed by atoms with Crippen LogP contribution in [-0.4, -0.2) is 11.1 Å². The Bertz CT molecular complexity index is 475. The van der Waals surface area contributed by atoms with Gasteiger partial charge >= 0.3 is 5.97 Å². The van der Waals surface area contributed by atoms with Gasteiger partial charge in [-0.2, -0.15) is 5.26 Å². The summed E-state index contributed by atoms with van der Waals surface area (Å²) in [5, 5.41) is 17.0. The molecule has 0 bridgehead atoms. The van der Waals surface area contributed by atoms with Gasteiger partial charge in [-0.3, -0.25) is 0 Å². The van der Waals surface area contributed by atoms with Crippen LogP contribution in [0.5, 0.6) is 0 Å². The SMILES string of the molecule is N#CC(=CC(=O)O)c1ccc(F)cc1F. The van der Waals surface area contributed by atoms with E-state index in [2.05, 4.69) is 0 Å². The van der Waals surface area contributed by atoms with Crippen LogP contribution in [0.25, 0.3) is 5.57 Å². The Morgan fingerprint density at radius 2 is 2.13 bits per heavy atom. The maximum absolute atomic E-state index is 13.1. The number of nitriles is 1. The zero-order chi connectivity index (χ0) is 11.4. The molecule has 15 heavy (non-hydrogen) atoms. The number of benzene rings is 1. The van der Waals surface area contributed by atoms with Crippen LogP contribution in [-0.2, 0) is 4.79 Å². The van der Waals surface area contributed by atoms with Crippen molar-refractivity contribution in [3.63, 3.8) is 0 Å². The van der Waals surface area contributed by atoms with E-state index in [9.17, 15) is 13.6 Å². The van der Waals surface area contributed by atoms with Crippen LogP contribution in [0.2, 0.25) is 0 Å². The summed E-state index contributed by atoms with van der Waals surface area (Å²) in [6.45, 7) is 0. The van der Waals surface area contributed by atoms with Crippen LogP contribution in [0.3, 0.4) is 0 Å². The Morgan fingerprint density at radius 3 is 2.60 bits per heavy atom. The molecule has 0 atom stereocenters. The Balaban J connectivity index is 3.27. The number of aliphatic carboxylic acids is 1. The third-order valence-electron chi connectivity index (χ3n) is 1.61. The second-order valence-corrected chi connectivity index (χ2v) is 2.63. The monoisotopic (exact) mass is 209 g/mol. The fraction of sp³-hybridized carbons (Fsp3) is 0. The van der Waals surface area contributed by atoms with Crippen LogP contribution < -0.4 is 0 Å². The minimum atomic E-state index is -1.37. The van der Waals surface area contributed by atoms with Crippen molar-refractivity contribution in [3.05, 3.63) is 41.5 Å². The molecule has 1 rings (SSSR count). The molecular weight excluding hydrogens is 204 g/mol. The van der Waals surface area contributed by atoms with Crippen LogP contribution in [0.4, 0.5) is 8.78 Å². The Morgan fingerprint density at radius 1 is 1.47 bits per heavy atom. The molecule has 0 aromatic heterocycles. The molecule has 0 unspecified atom stereocenters. The summed E-state index contributed by atoms with van der Waals surface area (Å²) in [5.74, 6) is -3.12. The smallest absolute Gasteiger partial charge is 0.329 e. The van der Waals surface area contributed by atoms with Gasteiger partial charge in [0.1, 0.15) is 17.7 Å². The summed E-state index contributed by atoms with van der Waals surface area (Å²) in [6, 6.07) is 4.08. The van der Waals surface area contributed by atoms with Crippen molar-refractivity contribution in [3.8, 4) is 6.07 Å². The molecule has 0 aliphatic heterocycles. The van der Waals surface area contributed by atoms with Gasteiger partial charge in [-0.05, 0) is 12.1 Å². The largest absolute Gasteiger partial charge is 0.478 e. The highest BCUT2D eigenvalue weighted by Gasteiger charge is 2.09. The first kappa shape index (κ1) is 10.9. The van der Waals surface area contributed by atoms with Crippen LogP contribution in [0.15, 0.2) is 24.3 Å². The van der Waals surface area contributed by atoms with E-state index in [4.69, 9.17) is 10.4 Å². The number of hydrogen-bond acceptors (Lipinski definition) is 2. The quantitative estimate of drug-likeness (QED) is 0.598. The average Bonchev–Trinajstić information content (AvgIpc) is 2.14. The van der Waals surface area contributed by atoms with Crippen molar-refractivity contribution >= 4 is 11.5 Å². The van der Waals surface area contributed by atoms with E-state index in [1.807, 2.05) is 0 Å². The first-order valence-electron chi connectivity index (χ1n) is 3.84. The van der Waals surface area contributed by atoms with E-state index < -0.39 is 17.6 Å². The minimum absolute atomic E-state index is 0.235. The summed E-state index contributed by atoms with van der Waals surface area (Å²) < 4.78 is 25.6. The van der Waals surface area contributed by atoms with E-state index >= 15 is 0 Å². The predicted octanol–water partition coefficient (Wildman–Crippen LogP) is 1.96. The highest BCUT2D eigenvalue weighted by Crippen LogP contribution is 2.18. The molecule has 5 heteroatoms. The molecule has 0 aliphatic carbocycles. The molecule has 0 fully saturated rings. The van der Waals surface area contributed by atoms with Gasteiger partial charge in [0.15, 0.2) is 0 Å². The number of rotatable bonds is 2. The van der Waals surface area contributed by atoms with E-state index in [1.54, 1.807) is 0 Å². The lowest BCUT2D eigenvalue weighted by atomic mass is 10.1. The first-order valence-corrected chi connectivity index (χ1v) is 3.84. The van der Waals surface area contributed by atoms with E-state index in [-0.39, 0.29) is 11.1 Å². The number of nitrogens with zero attached hydrogens (tertiary/aromatic N) is 1. The van der Waals surface area contributed by atoms with Gasteiger partial charge in [-0.25, -0.2) is 13.6 Å². The molecule has 1 aromatic carbocycles. The number of carbonyl (C=O) groups is 1. The van der Waals surface area contributed by atoms with Crippen molar-refractivity contribution < 1.29 is 18.7 Å². The highest BCUT2D eigenvalue weighted by atomic mass is 19.1. The maximum atomic E-state index is 13.1. The maximum Gasteiger partial charge on any atom is 0.329 e. The number of hydrogen-bond donors (Lipinski definition) is 1. The normalized spacial score (nSPS) is 10.9. The van der Waals surface area contributed by atoms with E-state index in [1.165, 1.54) is 6.07 Å². The lowest BCUT2D eigenvalue weighted by Crippen LogP contribution is -1.94. The van der Waals surface area contributed by atoms with Crippen molar-refractivity contribution in [2.24, 2.45) is 0 Å². The number of carboxylic acid groups (broad SMARTS) is 1. The molecular formula is C10H5F2NO2. The average molecular weight is 209 g/mol. The zero-order valence-electron chi connectivity index (χ0n) is 7.37. The van der Waals surface area contributed by atoms with Crippen LogP contribution in [0.1, 0.15) is 5.56 Å². The van der Waals surface area contributed by atoms with Gasteiger partial charge in [-0.1, -0.05) is 0 Å². The molecule has 1 N–H and O–H groups in total. The van der Waals surface area contributed by atoms with E-state index in [0.717, 1.165) is 12.1 Å². The fourth-order valence-corrected chi connectivity index (χ4v) is 1.00. The number of allylic oxidation sites excluding steroid dienone is 1. The van der Waals surface area contributed by atoms with Crippen LogP contribution >= 0.6 is 0 Å². The fourth-order valence-electron chi connectivity index (χ4n) is 1.00. The van der Waals surface area contributed by atoms with Crippen molar-refractivity contribution in [2.75, 3.05) is 0 Å². The van der Waals surface area contributed by atoms with Gasteiger partial charge in [0.25, 0.3) is 0 Å². The molecule has 0 aliphatic rings. The molecule has 0 heterocycles. The molecule has 0 radical (unpaired) electrons. The summed E-state index contributed by atoms with van der Waals surface area (Å²) in [4.78, 5) is 10.3. The summed E-state index contributed by atoms with van der Waals surface area (Å²) >= 11 is 0. The molecule has 3 nitrogen and oxygen atoms in total. The number of carboxylic acids is 1. The second kappa shape index (κ2) is 4.33. The van der Waals surface area contributed by atoms with E-state index in [0.29, 0.717) is 12.1 Å². The van der Waals surface area contributed by atoms with Gasteiger partial charge in [0, 0.05) is 17.7 Å². The predicted molar refractivity (Wildman–Crippen MR) is 47.6 cm³/mol. The van der Waals surface area contributed by atoms with Gasteiger partial charge in [0.05, 0.1) is 5.57 Å². The second-order valence-electron chi connectivity index (χ2n) is 2.63. The third-order valence-corrected chi connectivity index (χ3v) is 1.61. The Kier molecular flexibility index (Phi) is 3.13. The molecule has 0 saturated heterocycles. The van der Waals surface area contributed by atoms with Crippen molar-refractivity contribution in [1.29, 1.82) is 5.26 Å². The van der Waals surface area contributed by atoms with Crippen molar-refractivity contribution in [1.82, 2.24) is 0 Å². The third kappa shape index (κ3) is 2.61. The molecule has 1 aromatic rings. The standard InChI is InChI=1S/C10H5F2NO2/c11-7-1-2-8(9(12)4-7)6(5-13)3-10(14)15/h1-4H,(H,14,15). The van der Waals surface area contributed by atoms with Crippen LogP contribution in [0, 0.1) is 23.0 Å². The van der Waals surface area contributed by atoms with Gasteiger partial charge in [0.2, 0.25) is 0 Å².